The molecular formula is C25H22IN5O. The zero-order valence-corrected chi connectivity index (χ0v) is 19.8. The molecule has 0 radical (unpaired) electrons. The molecule has 4 rings (SSSR count). The van der Waals surface area contributed by atoms with Gasteiger partial charge in [0.25, 0.3) is 5.91 Å². The maximum Gasteiger partial charge on any atom is 0.255 e. The Labute approximate surface area is 200 Å². The van der Waals surface area contributed by atoms with Gasteiger partial charge in [0.1, 0.15) is 5.82 Å². The van der Waals surface area contributed by atoms with Crippen LogP contribution in [0.15, 0.2) is 78.9 Å². The molecule has 4 aromatic rings. The van der Waals surface area contributed by atoms with Crippen molar-refractivity contribution in [3.63, 3.8) is 0 Å². The van der Waals surface area contributed by atoms with Crippen LogP contribution in [-0.2, 0) is 0 Å². The van der Waals surface area contributed by atoms with Gasteiger partial charge in [0.2, 0.25) is 5.95 Å². The molecule has 3 aromatic carbocycles. The summed E-state index contributed by atoms with van der Waals surface area (Å²) in [5.74, 6) is 1.07. The Balaban J connectivity index is 1.42. The minimum atomic E-state index is -0.143. The number of hydrogen-bond donors (Lipinski definition) is 3. The maximum atomic E-state index is 12.4. The second-order valence-electron chi connectivity index (χ2n) is 7.37. The van der Waals surface area contributed by atoms with Crippen LogP contribution in [0.2, 0.25) is 0 Å². The van der Waals surface area contributed by atoms with Gasteiger partial charge in [-0.05, 0) is 97.1 Å². The molecule has 0 aliphatic rings. The SMILES string of the molecule is Cc1ccc(Nc2cc(C)nc(Nc3ccc(NC(=O)c4ccc(I)cc4)cc3)n2)cc1. The molecule has 1 aromatic heterocycles. The highest BCUT2D eigenvalue weighted by Crippen LogP contribution is 2.21. The van der Waals surface area contributed by atoms with Crippen LogP contribution in [0.3, 0.4) is 0 Å². The summed E-state index contributed by atoms with van der Waals surface area (Å²) in [5.41, 5.74) is 5.17. The summed E-state index contributed by atoms with van der Waals surface area (Å²) in [6.45, 7) is 3.98. The Bertz CT molecular complexity index is 1220. The molecule has 0 fully saturated rings. The zero-order chi connectivity index (χ0) is 22.5. The smallest absolute Gasteiger partial charge is 0.255 e. The first-order valence-corrected chi connectivity index (χ1v) is 11.2. The van der Waals surface area contributed by atoms with Crippen LogP contribution in [0.25, 0.3) is 0 Å². The van der Waals surface area contributed by atoms with E-state index in [1.165, 1.54) is 5.56 Å². The summed E-state index contributed by atoms with van der Waals surface area (Å²) >= 11 is 2.21. The quantitative estimate of drug-likeness (QED) is 0.248. The van der Waals surface area contributed by atoms with Crippen LogP contribution in [-0.4, -0.2) is 15.9 Å². The van der Waals surface area contributed by atoms with E-state index in [2.05, 4.69) is 55.4 Å². The van der Waals surface area contributed by atoms with Gasteiger partial charge in [-0.3, -0.25) is 4.79 Å². The molecule has 0 saturated carbocycles. The largest absolute Gasteiger partial charge is 0.340 e. The van der Waals surface area contributed by atoms with Crippen LogP contribution in [0.1, 0.15) is 21.6 Å². The van der Waals surface area contributed by atoms with Gasteiger partial charge >= 0.3 is 0 Å². The predicted octanol–water partition coefficient (Wildman–Crippen LogP) is 6.44. The maximum absolute atomic E-state index is 12.4. The van der Waals surface area contributed by atoms with E-state index in [0.717, 1.165) is 20.6 Å². The second kappa shape index (κ2) is 9.78. The average molecular weight is 535 g/mol. The third kappa shape index (κ3) is 5.82. The van der Waals surface area contributed by atoms with Crippen LogP contribution in [0.5, 0.6) is 0 Å². The Morgan fingerprint density at radius 2 is 1.34 bits per heavy atom. The molecule has 0 aliphatic carbocycles. The Morgan fingerprint density at radius 3 is 2.03 bits per heavy atom. The topological polar surface area (TPSA) is 78.9 Å². The van der Waals surface area contributed by atoms with Crippen molar-refractivity contribution in [3.8, 4) is 0 Å². The van der Waals surface area contributed by atoms with Crippen LogP contribution in [0.4, 0.5) is 28.8 Å². The Morgan fingerprint density at radius 1 is 0.750 bits per heavy atom. The van der Waals surface area contributed by atoms with E-state index in [-0.39, 0.29) is 5.91 Å². The van der Waals surface area contributed by atoms with Crippen LogP contribution in [0, 0.1) is 17.4 Å². The number of anilines is 5. The number of carbonyl (C=O) groups is 1. The number of hydrogen-bond acceptors (Lipinski definition) is 5. The van der Waals surface area contributed by atoms with Gasteiger partial charge in [-0.2, -0.15) is 4.98 Å². The third-order valence-electron chi connectivity index (χ3n) is 4.68. The molecule has 3 N–H and O–H groups in total. The molecule has 1 amide bonds. The average Bonchev–Trinajstić information content (AvgIpc) is 2.77. The van der Waals surface area contributed by atoms with E-state index in [4.69, 9.17) is 0 Å². The molecule has 7 heteroatoms. The monoisotopic (exact) mass is 535 g/mol. The molecule has 160 valence electrons. The van der Waals surface area contributed by atoms with Crippen molar-refractivity contribution in [2.75, 3.05) is 16.0 Å². The first-order chi connectivity index (χ1) is 15.4. The predicted molar refractivity (Wildman–Crippen MR) is 138 cm³/mol. The van der Waals surface area contributed by atoms with Gasteiger partial charge in [0, 0.05) is 38.0 Å². The lowest BCUT2D eigenvalue weighted by Crippen LogP contribution is -2.11. The fraction of sp³-hybridized carbons (Fsp3) is 0.0800. The highest BCUT2D eigenvalue weighted by molar-refractivity contribution is 14.1. The molecule has 1 heterocycles. The van der Waals surface area contributed by atoms with Crippen LogP contribution >= 0.6 is 22.6 Å². The Hall–Kier alpha value is -3.46. The molecule has 32 heavy (non-hydrogen) atoms. The van der Waals surface area contributed by atoms with E-state index >= 15 is 0 Å². The van der Waals surface area contributed by atoms with Gasteiger partial charge in [0.15, 0.2) is 0 Å². The summed E-state index contributed by atoms with van der Waals surface area (Å²) in [4.78, 5) is 21.4. The molecule has 0 bridgehead atoms. The molecule has 0 unspecified atom stereocenters. The van der Waals surface area contributed by atoms with E-state index in [9.17, 15) is 4.79 Å². The summed E-state index contributed by atoms with van der Waals surface area (Å²) in [5, 5.41) is 9.44. The molecule has 6 nitrogen and oxygen atoms in total. The van der Waals surface area contributed by atoms with Crippen molar-refractivity contribution in [2.24, 2.45) is 0 Å². The van der Waals surface area contributed by atoms with E-state index in [0.29, 0.717) is 23.0 Å². The van der Waals surface area contributed by atoms with Gasteiger partial charge in [0.05, 0.1) is 0 Å². The number of halogens is 1. The first-order valence-electron chi connectivity index (χ1n) is 10.1. The minimum Gasteiger partial charge on any atom is -0.340 e. The van der Waals surface area contributed by atoms with Gasteiger partial charge < -0.3 is 16.0 Å². The van der Waals surface area contributed by atoms with Crippen molar-refractivity contribution in [2.45, 2.75) is 13.8 Å². The highest BCUT2D eigenvalue weighted by Gasteiger charge is 2.07. The molecular weight excluding hydrogens is 513 g/mol. The van der Waals surface area contributed by atoms with Crippen molar-refractivity contribution < 1.29 is 4.79 Å². The number of aryl methyl sites for hydroxylation is 2. The second-order valence-corrected chi connectivity index (χ2v) is 8.62. The van der Waals surface area contributed by atoms with Crippen LogP contribution < -0.4 is 16.0 Å². The van der Waals surface area contributed by atoms with Crippen molar-refractivity contribution in [1.82, 2.24) is 9.97 Å². The van der Waals surface area contributed by atoms with E-state index in [1.807, 2.05) is 85.8 Å². The fourth-order valence-corrected chi connectivity index (χ4v) is 3.40. The van der Waals surface area contributed by atoms with Crippen molar-refractivity contribution >= 4 is 57.3 Å². The number of benzene rings is 3. The first kappa shape index (κ1) is 21.8. The van der Waals surface area contributed by atoms with Crippen molar-refractivity contribution in [3.05, 3.63) is 99.3 Å². The minimum absolute atomic E-state index is 0.143. The van der Waals surface area contributed by atoms with E-state index in [1.54, 1.807) is 0 Å². The summed E-state index contributed by atoms with van der Waals surface area (Å²) in [7, 11) is 0. The number of nitrogens with one attached hydrogen (secondary N) is 3. The Kier molecular flexibility index (Phi) is 6.65. The summed E-state index contributed by atoms with van der Waals surface area (Å²) < 4.78 is 1.09. The van der Waals surface area contributed by atoms with Crippen molar-refractivity contribution in [1.29, 1.82) is 0 Å². The third-order valence-corrected chi connectivity index (χ3v) is 5.40. The van der Waals surface area contributed by atoms with Gasteiger partial charge in [-0.15, -0.1) is 0 Å². The molecule has 0 spiro atoms. The normalized spacial score (nSPS) is 10.5. The summed E-state index contributed by atoms with van der Waals surface area (Å²) in [6.07, 6.45) is 0. The zero-order valence-electron chi connectivity index (χ0n) is 17.7. The highest BCUT2D eigenvalue weighted by atomic mass is 127. The lowest BCUT2D eigenvalue weighted by molar-refractivity contribution is 0.102. The molecule has 0 atom stereocenters. The lowest BCUT2D eigenvalue weighted by atomic mass is 10.2. The number of carbonyl (C=O) groups excluding carboxylic acids is 1. The fourth-order valence-electron chi connectivity index (χ4n) is 3.04. The number of amides is 1. The van der Waals surface area contributed by atoms with E-state index < -0.39 is 0 Å². The number of aromatic nitrogens is 2. The number of rotatable bonds is 6. The standard InChI is InChI=1S/C25H22IN5O/c1-16-3-9-20(10-4-16)28-23-15-17(2)27-25(31-23)30-22-13-11-21(12-14-22)29-24(32)18-5-7-19(26)8-6-18/h3-15H,1-2H3,(H,29,32)(H2,27,28,30,31). The lowest BCUT2D eigenvalue weighted by Gasteiger charge is -2.11. The number of nitrogens with zero attached hydrogens (tertiary/aromatic N) is 2. The van der Waals surface area contributed by atoms with Gasteiger partial charge in [-0.1, -0.05) is 17.7 Å². The molecule has 0 saturated heterocycles. The molecule has 0 aliphatic heterocycles. The van der Waals surface area contributed by atoms with Gasteiger partial charge in [-0.25, -0.2) is 4.98 Å². The summed E-state index contributed by atoms with van der Waals surface area (Å²) in [6, 6.07) is 24.9.